The minimum absolute atomic E-state index is 0.155. The van der Waals surface area contributed by atoms with Crippen LogP contribution in [0.25, 0.3) is 0 Å². The van der Waals surface area contributed by atoms with E-state index in [0.29, 0.717) is 44.0 Å². The highest BCUT2D eigenvalue weighted by molar-refractivity contribution is 5.90. The number of hydrogen-bond donors (Lipinski definition) is 2. The lowest BCUT2D eigenvalue weighted by atomic mass is 10.1. The van der Waals surface area contributed by atoms with Gasteiger partial charge in [0.1, 0.15) is 5.82 Å². The summed E-state index contributed by atoms with van der Waals surface area (Å²) in [6.45, 7) is 2.07. The van der Waals surface area contributed by atoms with Crippen LogP contribution in [0.2, 0.25) is 0 Å². The maximum absolute atomic E-state index is 13.5. The molecule has 1 aliphatic rings. The van der Waals surface area contributed by atoms with Crippen LogP contribution in [0.5, 0.6) is 0 Å². The van der Waals surface area contributed by atoms with Crippen LogP contribution in [-0.4, -0.2) is 38.9 Å². The number of benzene rings is 2. The molecular weight excluding hydrogens is 390 g/mol. The number of nitrogens with one attached hydrogen (secondary N) is 2. The van der Waals surface area contributed by atoms with Gasteiger partial charge in [-0.05, 0) is 42.3 Å². The van der Waals surface area contributed by atoms with E-state index < -0.39 is 17.8 Å². The molecular formula is C20H21F4N3O2. The van der Waals surface area contributed by atoms with Crippen LogP contribution in [0.1, 0.15) is 11.1 Å². The van der Waals surface area contributed by atoms with Crippen LogP contribution in [-0.2, 0) is 17.3 Å². The van der Waals surface area contributed by atoms with E-state index in [2.05, 4.69) is 10.6 Å². The molecule has 0 saturated carbocycles. The third-order valence-electron chi connectivity index (χ3n) is 4.52. The van der Waals surface area contributed by atoms with E-state index in [-0.39, 0.29) is 18.0 Å². The highest BCUT2D eigenvalue weighted by Gasteiger charge is 2.34. The molecule has 2 amide bonds. The maximum Gasteiger partial charge on any atom is 0.418 e. The molecule has 9 heteroatoms. The zero-order chi connectivity index (χ0) is 20.9. The molecule has 1 heterocycles. The number of nitrogens with zero attached hydrogens (tertiary/aromatic N) is 1. The Morgan fingerprint density at radius 3 is 2.55 bits per heavy atom. The van der Waals surface area contributed by atoms with E-state index >= 15 is 0 Å². The van der Waals surface area contributed by atoms with Gasteiger partial charge in [0.2, 0.25) is 0 Å². The van der Waals surface area contributed by atoms with Gasteiger partial charge in [-0.1, -0.05) is 12.1 Å². The normalized spacial score (nSPS) is 14.6. The number of rotatable bonds is 5. The number of urea groups is 1. The molecule has 0 unspecified atom stereocenters. The summed E-state index contributed by atoms with van der Waals surface area (Å²) < 4.78 is 58.9. The Morgan fingerprint density at radius 1 is 1.10 bits per heavy atom. The van der Waals surface area contributed by atoms with Crippen molar-refractivity contribution in [2.24, 2.45) is 0 Å². The minimum Gasteiger partial charge on any atom is -0.378 e. The summed E-state index contributed by atoms with van der Waals surface area (Å²) in [5.41, 5.74) is -0.131. The van der Waals surface area contributed by atoms with Gasteiger partial charge < -0.3 is 20.3 Å². The largest absolute Gasteiger partial charge is 0.418 e. The summed E-state index contributed by atoms with van der Waals surface area (Å²) in [5, 5.41) is 4.75. The Hall–Kier alpha value is -2.81. The Morgan fingerprint density at radius 2 is 1.86 bits per heavy atom. The lowest BCUT2D eigenvalue weighted by molar-refractivity contribution is -0.136. The first kappa shape index (κ1) is 20.9. The molecule has 3 rings (SSSR count). The molecule has 2 N–H and O–H groups in total. The molecule has 1 fully saturated rings. The zero-order valence-corrected chi connectivity index (χ0v) is 15.6. The Bertz CT molecular complexity index is 852. The predicted molar refractivity (Wildman–Crippen MR) is 102 cm³/mol. The highest BCUT2D eigenvalue weighted by Crippen LogP contribution is 2.37. The summed E-state index contributed by atoms with van der Waals surface area (Å²) in [7, 11) is 0. The molecule has 0 radical (unpaired) electrons. The fourth-order valence-corrected chi connectivity index (χ4v) is 3.07. The van der Waals surface area contributed by atoms with Crippen LogP contribution in [0.4, 0.5) is 33.7 Å². The predicted octanol–water partition coefficient (Wildman–Crippen LogP) is 4.05. The molecule has 1 aliphatic heterocycles. The first-order valence-electron chi connectivity index (χ1n) is 9.16. The van der Waals surface area contributed by atoms with Gasteiger partial charge in [-0.15, -0.1) is 0 Å². The average molecular weight is 411 g/mol. The van der Waals surface area contributed by atoms with Crippen LogP contribution in [0.3, 0.4) is 0 Å². The lowest BCUT2D eigenvalue weighted by Crippen LogP contribution is -2.36. The highest BCUT2D eigenvalue weighted by atomic mass is 19.4. The molecule has 2 aromatic carbocycles. The lowest BCUT2D eigenvalue weighted by Gasteiger charge is -2.29. The molecule has 29 heavy (non-hydrogen) atoms. The van der Waals surface area contributed by atoms with Gasteiger partial charge in [0.05, 0.1) is 24.5 Å². The number of alkyl halides is 3. The van der Waals surface area contributed by atoms with Crippen molar-refractivity contribution in [2.75, 3.05) is 43.1 Å². The van der Waals surface area contributed by atoms with Crippen LogP contribution in [0, 0.1) is 5.82 Å². The summed E-state index contributed by atoms with van der Waals surface area (Å²) in [6, 6.07) is 8.97. The summed E-state index contributed by atoms with van der Waals surface area (Å²) in [4.78, 5) is 13.9. The Kier molecular flexibility index (Phi) is 6.58. The van der Waals surface area contributed by atoms with Crippen molar-refractivity contribution in [2.45, 2.75) is 12.6 Å². The molecule has 5 nitrogen and oxygen atoms in total. The van der Waals surface area contributed by atoms with Gasteiger partial charge in [-0.2, -0.15) is 13.2 Å². The summed E-state index contributed by atoms with van der Waals surface area (Å²) >= 11 is 0. The quantitative estimate of drug-likeness (QED) is 0.730. The Labute approximate surface area is 165 Å². The van der Waals surface area contributed by atoms with Crippen LogP contribution < -0.4 is 15.5 Å². The fraction of sp³-hybridized carbons (Fsp3) is 0.350. The molecule has 2 aromatic rings. The maximum atomic E-state index is 13.5. The Balaban J connectivity index is 1.64. The number of morpholine rings is 1. The first-order valence-corrected chi connectivity index (χ1v) is 9.16. The number of carbonyl (C=O) groups excluding carboxylic acids is 1. The molecule has 0 aliphatic carbocycles. The second kappa shape index (κ2) is 9.13. The topological polar surface area (TPSA) is 53.6 Å². The molecule has 0 atom stereocenters. The molecule has 0 aromatic heterocycles. The standard InChI is InChI=1S/C20H21F4N3O2/c21-15-3-1-2-14(12-15)6-7-25-19(28)26-18-5-4-16(13-17(18)20(22,23)24)27-8-10-29-11-9-27/h1-5,12-13H,6-11H2,(H2,25,26,28). The van der Waals surface area contributed by atoms with E-state index in [1.165, 1.54) is 18.2 Å². The van der Waals surface area contributed by atoms with Crippen molar-refractivity contribution in [3.63, 3.8) is 0 Å². The number of ether oxygens (including phenoxy) is 1. The van der Waals surface area contributed by atoms with E-state index in [9.17, 15) is 22.4 Å². The summed E-state index contributed by atoms with van der Waals surface area (Å²) in [5.74, 6) is -0.387. The number of hydrogen-bond acceptors (Lipinski definition) is 3. The van der Waals surface area contributed by atoms with Gasteiger partial charge in [-0.3, -0.25) is 0 Å². The molecule has 156 valence electrons. The van der Waals surface area contributed by atoms with E-state index in [1.54, 1.807) is 18.2 Å². The van der Waals surface area contributed by atoms with E-state index in [0.717, 1.165) is 6.07 Å². The van der Waals surface area contributed by atoms with Crippen molar-refractivity contribution >= 4 is 17.4 Å². The van der Waals surface area contributed by atoms with Gasteiger partial charge in [0, 0.05) is 25.3 Å². The van der Waals surface area contributed by atoms with Crippen LogP contribution in [0.15, 0.2) is 42.5 Å². The number of halogens is 4. The first-order chi connectivity index (χ1) is 13.8. The average Bonchev–Trinajstić information content (AvgIpc) is 2.68. The third-order valence-corrected chi connectivity index (χ3v) is 4.52. The minimum atomic E-state index is -4.62. The van der Waals surface area contributed by atoms with Gasteiger partial charge in [0.25, 0.3) is 0 Å². The SMILES string of the molecule is O=C(NCCc1cccc(F)c1)Nc1ccc(N2CCOCC2)cc1C(F)(F)F. The van der Waals surface area contributed by atoms with E-state index in [4.69, 9.17) is 4.74 Å². The molecule has 1 saturated heterocycles. The molecule has 0 bridgehead atoms. The summed E-state index contributed by atoms with van der Waals surface area (Å²) in [6.07, 6.45) is -4.26. The van der Waals surface area contributed by atoms with Crippen molar-refractivity contribution in [3.8, 4) is 0 Å². The van der Waals surface area contributed by atoms with Crippen molar-refractivity contribution < 1.29 is 27.1 Å². The van der Waals surface area contributed by atoms with Crippen molar-refractivity contribution in [1.82, 2.24) is 5.32 Å². The zero-order valence-electron chi connectivity index (χ0n) is 15.6. The number of anilines is 2. The second-order valence-electron chi connectivity index (χ2n) is 6.59. The smallest absolute Gasteiger partial charge is 0.378 e. The number of carbonyl (C=O) groups is 1. The van der Waals surface area contributed by atoms with E-state index in [1.807, 2.05) is 4.90 Å². The molecule has 0 spiro atoms. The van der Waals surface area contributed by atoms with Gasteiger partial charge >= 0.3 is 12.2 Å². The fourth-order valence-electron chi connectivity index (χ4n) is 3.07. The van der Waals surface area contributed by atoms with Gasteiger partial charge in [0.15, 0.2) is 0 Å². The second-order valence-corrected chi connectivity index (χ2v) is 6.59. The monoisotopic (exact) mass is 411 g/mol. The van der Waals surface area contributed by atoms with Gasteiger partial charge in [-0.25, -0.2) is 9.18 Å². The van der Waals surface area contributed by atoms with Crippen molar-refractivity contribution in [3.05, 3.63) is 59.4 Å². The number of amides is 2. The third kappa shape index (κ3) is 5.83. The van der Waals surface area contributed by atoms with Crippen molar-refractivity contribution in [1.29, 1.82) is 0 Å². The van der Waals surface area contributed by atoms with Crippen LogP contribution >= 0.6 is 0 Å².